The van der Waals surface area contributed by atoms with E-state index < -0.39 is 16.1 Å². The molecule has 0 aromatic rings. The van der Waals surface area contributed by atoms with Crippen LogP contribution in [0.5, 0.6) is 0 Å². The van der Waals surface area contributed by atoms with Crippen molar-refractivity contribution in [3.8, 4) is 0 Å². The van der Waals surface area contributed by atoms with E-state index in [2.05, 4.69) is 5.32 Å². The van der Waals surface area contributed by atoms with Crippen molar-refractivity contribution >= 4 is 15.9 Å². The standard InChI is InChI=1S/C12H20N2O4S/c1-13-12(15)10-6-8-4-5-14(7-11(8)18-10)19(16,17)9-2-3-9/h8-11H,2-7H2,1H3,(H,13,15)/t8-,10+,11-/m0/s1. The summed E-state index contributed by atoms with van der Waals surface area (Å²) in [4.78, 5) is 11.6. The zero-order valence-corrected chi connectivity index (χ0v) is 11.9. The van der Waals surface area contributed by atoms with Crippen LogP contribution in [-0.4, -0.2) is 56.2 Å². The first-order valence-electron chi connectivity index (χ1n) is 6.88. The molecule has 1 saturated carbocycles. The van der Waals surface area contributed by atoms with Crippen LogP contribution < -0.4 is 5.32 Å². The van der Waals surface area contributed by atoms with Crippen LogP contribution in [0, 0.1) is 5.92 Å². The molecule has 0 spiro atoms. The van der Waals surface area contributed by atoms with E-state index in [1.807, 2.05) is 0 Å². The molecule has 108 valence electrons. The highest BCUT2D eigenvalue weighted by Gasteiger charge is 2.47. The zero-order valence-electron chi connectivity index (χ0n) is 11.0. The number of piperidine rings is 1. The van der Waals surface area contributed by atoms with Crippen LogP contribution >= 0.6 is 0 Å². The van der Waals surface area contributed by atoms with Crippen LogP contribution in [0.25, 0.3) is 0 Å². The smallest absolute Gasteiger partial charge is 0.248 e. The van der Waals surface area contributed by atoms with E-state index in [9.17, 15) is 13.2 Å². The monoisotopic (exact) mass is 288 g/mol. The minimum absolute atomic E-state index is 0.106. The molecule has 19 heavy (non-hydrogen) atoms. The van der Waals surface area contributed by atoms with Crippen molar-refractivity contribution in [2.24, 2.45) is 5.92 Å². The summed E-state index contributed by atoms with van der Waals surface area (Å²) >= 11 is 0. The highest BCUT2D eigenvalue weighted by atomic mass is 32.2. The molecule has 0 aromatic heterocycles. The van der Waals surface area contributed by atoms with Crippen LogP contribution in [0.1, 0.15) is 25.7 Å². The molecule has 3 rings (SSSR count). The van der Waals surface area contributed by atoms with Crippen LogP contribution in [0.4, 0.5) is 0 Å². The maximum absolute atomic E-state index is 12.2. The van der Waals surface area contributed by atoms with Crippen LogP contribution in [0.2, 0.25) is 0 Å². The number of carbonyl (C=O) groups excluding carboxylic acids is 1. The second kappa shape index (κ2) is 4.71. The lowest BCUT2D eigenvalue weighted by atomic mass is 9.93. The molecule has 6 nitrogen and oxygen atoms in total. The van der Waals surface area contributed by atoms with E-state index in [0.29, 0.717) is 25.4 Å². The quantitative estimate of drug-likeness (QED) is 0.774. The van der Waals surface area contributed by atoms with Gasteiger partial charge in [0.05, 0.1) is 11.4 Å². The fourth-order valence-corrected chi connectivity index (χ4v) is 4.91. The van der Waals surface area contributed by atoms with Crippen molar-refractivity contribution in [3.05, 3.63) is 0 Å². The van der Waals surface area contributed by atoms with Gasteiger partial charge in [-0.3, -0.25) is 4.79 Å². The molecule has 1 aliphatic carbocycles. The average Bonchev–Trinajstić information content (AvgIpc) is 3.17. The summed E-state index contributed by atoms with van der Waals surface area (Å²) < 4.78 is 31.7. The Morgan fingerprint density at radius 3 is 2.68 bits per heavy atom. The van der Waals surface area contributed by atoms with Gasteiger partial charge in [-0.25, -0.2) is 8.42 Å². The summed E-state index contributed by atoms with van der Waals surface area (Å²) in [6.07, 6.45) is 2.54. The highest BCUT2D eigenvalue weighted by Crippen LogP contribution is 2.37. The van der Waals surface area contributed by atoms with Crippen molar-refractivity contribution in [1.82, 2.24) is 9.62 Å². The third-order valence-electron chi connectivity index (χ3n) is 4.36. The van der Waals surface area contributed by atoms with Crippen molar-refractivity contribution in [2.45, 2.75) is 43.1 Å². The molecule has 3 aliphatic rings. The number of fused-ring (bicyclic) bond motifs is 1. The second-order valence-electron chi connectivity index (χ2n) is 5.66. The van der Waals surface area contributed by atoms with Gasteiger partial charge in [0.25, 0.3) is 0 Å². The Morgan fingerprint density at radius 1 is 1.32 bits per heavy atom. The fourth-order valence-electron chi connectivity index (χ4n) is 3.04. The zero-order chi connectivity index (χ0) is 13.6. The van der Waals surface area contributed by atoms with Gasteiger partial charge in [0.1, 0.15) is 6.10 Å². The molecule has 1 amide bonds. The van der Waals surface area contributed by atoms with E-state index in [0.717, 1.165) is 19.3 Å². The molecule has 0 bridgehead atoms. The molecular formula is C12H20N2O4S. The summed E-state index contributed by atoms with van der Waals surface area (Å²) in [7, 11) is -1.52. The Balaban J connectivity index is 1.66. The molecule has 2 aliphatic heterocycles. The summed E-state index contributed by atoms with van der Waals surface area (Å²) in [5.41, 5.74) is 0. The van der Waals surface area contributed by atoms with Crippen molar-refractivity contribution in [2.75, 3.05) is 20.1 Å². The van der Waals surface area contributed by atoms with Gasteiger partial charge in [-0.1, -0.05) is 0 Å². The first-order valence-corrected chi connectivity index (χ1v) is 8.38. The van der Waals surface area contributed by atoms with Crippen LogP contribution in [-0.2, 0) is 19.6 Å². The van der Waals surface area contributed by atoms with Gasteiger partial charge in [0.2, 0.25) is 15.9 Å². The molecule has 0 radical (unpaired) electrons. The molecule has 0 unspecified atom stereocenters. The van der Waals surface area contributed by atoms with E-state index in [4.69, 9.17) is 4.74 Å². The molecule has 3 atom stereocenters. The summed E-state index contributed by atoms with van der Waals surface area (Å²) in [5, 5.41) is 2.42. The largest absolute Gasteiger partial charge is 0.363 e. The maximum atomic E-state index is 12.2. The molecule has 3 fully saturated rings. The predicted molar refractivity (Wildman–Crippen MR) is 69.0 cm³/mol. The molecule has 2 saturated heterocycles. The van der Waals surface area contributed by atoms with Crippen molar-refractivity contribution < 1.29 is 17.9 Å². The summed E-state index contributed by atoms with van der Waals surface area (Å²) in [6, 6.07) is 0. The van der Waals surface area contributed by atoms with Crippen LogP contribution in [0.3, 0.4) is 0 Å². The molecule has 0 aromatic carbocycles. The number of ether oxygens (including phenoxy) is 1. The minimum Gasteiger partial charge on any atom is -0.363 e. The Labute approximate surface area is 113 Å². The SMILES string of the molecule is CNC(=O)[C@H]1C[C@@H]2CCN(S(=O)(=O)C3CC3)C[C@@H]2O1. The third-order valence-corrected chi connectivity index (χ3v) is 6.72. The Morgan fingerprint density at radius 2 is 2.05 bits per heavy atom. The Bertz CT molecular complexity index is 474. The second-order valence-corrected chi connectivity index (χ2v) is 7.88. The lowest BCUT2D eigenvalue weighted by Crippen LogP contribution is -2.46. The van der Waals surface area contributed by atoms with Gasteiger partial charge in [-0.2, -0.15) is 4.31 Å². The number of carbonyl (C=O) groups is 1. The van der Waals surface area contributed by atoms with Gasteiger partial charge in [0, 0.05) is 20.1 Å². The topological polar surface area (TPSA) is 75.7 Å². The van der Waals surface area contributed by atoms with Gasteiger partial charge in [-0.15, -0.1) is 0 Å². The Hall–Kier alpha value is -0.660. The number of hydrogen-bond donors (Lipinski definition) is 1. The fraction of sp³-hybridized carbons (Fsp3) is 0.917. The van der Waals surface area contributed by atoms with Gasteiger partial charge in [-0.05, 0) is 31.6 Å². The van der Waals surface area contributed by atoms with Crippen LogP contribution in [0.15, 0.2) is 0 Å². The lowest BCUT2D eigenvalue weighted by molar-refractivity contribution is -0.131. The van der Waals surface area contributed by atoms with E-state index in [-0.39, 0.29) is 17.3 Å². The number of sulfonamides is 1. The summed E-state index contributed by atoms with van der Waals surface area (Å²) in [6.45, 7) is 0.987. The lowest BCUT2D eigenvalue weighted by Gasteiger charge is -2.33. The maximum Gasteiger partial charge on any atom is 0.248 e. The first-order chi connectivity index (χ1) is 9.02. The number of nitrogens with zero attached hydrogens (tertiary/aromatic N) is 1. The summed E-state index contributed by atoms with van der Waals surface area (Å²) in [5.74, 6) is 0.207. The third kappa shape index (κ3) is 2.39. The number of likely N-dealkylation sites (N-methyl/N-ethyl adjacent to an activating group) is 1. The number of nitrogens with one attached hydrogen (secondary N) is 1. The van der Waals surface area contributed by atoms with E-state index in [1.54, 1.807) is 11.4 Å². The van der Waals surface area contributed by atoms with Gasteiger partial charge in [0.15, 0.2) is 0 Å². The van der Waals surface area contributed by atoms with Crippen molar-refractivity contribution in [3.63, 3.8) is 0 Å². The number of amides is 1. The van der Waals surface area contributed by atoms with E-state index >= 15 is 0 Å². The first kappa shape index (κ1) is 13.3. The van der Waals surface area contributed by atoms with E-state index in [1.165, 1.54) is 0 Å². The number of hydrogen-bond acceptors (Lipinski definition) is 4. The predicted octanol–water partition coefficient (Wildman–Crippen LogP) is -0.296. The highest BCUT2D eigenvalue weighted by molar-refractivity contribution is 7.90. The molecular weight excluding hydrogens is 268 g/mol. The van der Waals surface area contributed by atoms with Gasteiger partial charge < -0.3 is 10.1 Å². The molecule has 7 heteroatoms. The average molecular weight is 288 g/mol. The van der Waals surface area contributed by atoms with Gasteiger partial charge >= 0.3 is 0 Å². The Kier molecular flexibility index (Phi) is 3.31. The normalized spacial score (nSPS) is 35.9. The molecule has 2 heterocycles. The number of rotatable bonds is 3. The minimum atomic E-state index is -3.12. The van der Waals surface area contributed by atoms with Crippen molar-refractivity contribution in [1.29, 1.82) is 0 Å². The molecule has 1 N–H and O–H groups in total.